The van der Waals surface area contributed by atoms with Crippen LogP contribution in [0.3, 0.4) is 0 Å². The third-order valence-corrected chi connectivity index (χ3v) is 4.29. The Labute approximate surface area is 156 Å². The van der Waals surface area contributed by atoms with E-state index in [1.807, 2.05) is 54.6 Å². The maximum atomic E-state index is 12.8. The van der Waals surface area contributed by atoms with E-state index in [1.165, 1.54) is 0 Å². The lowest BCUT2D eigenvalue weighted by Gasteiger charge is -2.11. The second-order valence-electron chi connectivity index (χ2n) is 5.98. The van der Waals surface area contributed by atoms with Crippen molar-refractivity contribution in [2.75, 3.05) is 12.4 Å². The molecule has 3 aromatic carbocycles. The fourth-order valence-electron chi connectivity index (χ4n) is 2.97. The number of fused-ring (bicyclic) bond motifs is 1. The van der Waals surface area contributed by atoms with E-state index < -0.39 is 0 Å². The molecule has 0 saturated heterocycles. The normalized spacial score (nSPS) is 10.6. The predicted molar refractivity (Wildman–Crippen MR) is 106 cm³/mol. The Balaban J connectivity index is 1.61. The summed E-state index contributed by atoms with van der Waals surface area (Å²) in [6, 6.07) is 20.9. The summed E-state index contributed by atoms with van der Waals surface area (Å²) in [6.45, 7) is 0. The van der Waals surface area contributed by atoms with Gasteiger partial charge in [-0.25, -0.2) is 9.97 Å². The number of carbonyl (C=O) groups excluding carboxylic acids is 1. The minimum Gasteiger partial charge on any atom is -0.496 e. The molecule has 5 heteroatoms. The fourth-order valence-corrected chi connectivity index (χ4v) is 2.97. The highest BCUT2D eigenvalue weighted by atomic mass is 16.5. The summed E-state index contributed by atoms with van der Waals surface area (Å²) in [4.78, 5) is 21.5. The molecule has 0 radical (unpaired) electrons. The lowest BCUT2D eigenvalue weighted by Crippen LogP contribution is -2.13. The van der Waals surface area contributed by atoms with Gasteiger partial charge in [0.15, 0.2) is 5.82 Å². The Morgan fingerprint density at radius 3 is 2.22 bits per heavy atom. The highest BCUT2D eigenvalue weighted by Crippen LogP contribution is 2.28. The molecule has 1 N–H and O–H groups in total. The summed E-state index contributed by atoms with van der Waals surface area (Å²) < 4.78 is 5.38. The number of hydrogen-bond acceptors (Lipinski definition) is 4. The summed E-state index contributed by atoms with van der Waals surface area (Å²) in [7, 11) is 1.62. The Morgan fingerprint density at radius 1 is 0.852 bits per heavy atom. The van der Waals surface area contributed by atoms with Gasteiger partial charge in [-0.05, 0) is 17.5 Å². The van der Waals surface area contributed by atoms with Gasteiger partial charge in [0.05, 0.1) is 25.2 Å². The van der Waals surface area contributed by atoms with E-state index >= 15 is 0 Å². The van der Waals surface area contributed by atoms with Crippen LogP contribution in [0.25, 0.3) is 22.2 Å². The van der Waals surface area contributed by atoms with Crippen molar-refractivity contribution < 1.29 is 9.53 Å². The number of hydrogen-bond donors (Lipinski definition) is 1. The number of nitrogens with zero attached hydrogens (tertiary/aromatic N) is 2. The van der Waals surface area contributed by atoms with Crippen LogP contribution in [-0.2, 0) is 0 Å². The van der Waals surface area contributed by atoms with E-state index in [9.17, 15) is 4.79 Å². The van der Waals surface area contributed by atoms with Gasteiger partial charge in [0, 0.05) is 16.5 Å². The van der Waals surface area contributed by atoms with Gasteiger partial charge in [-0.3, -0.25) is 4.79 Å². The zero-order valence-electron chi connectivity index (χ0n) is 14.7. The van der Waals surface area contributed by atoms with Gasteiger partial charge in [-0.1, -0.05) is 54.6 Å². The van der Waals surface area contributed by atoms with Crippen LogP contribution < -0.4 is 10.1 Å². The third kappa shape index (κ3) is 3.35. The molecular formula is C22H17N3O2. The lowest BCUT2D eigenvalue weighted by molar-refractivity contribution is 0.102. The van der Waals surface area contributed by atoms with Crippen molar-refractivity contribution in [1.82, 2.24) is 9.97 Å². The Kier molecular flexibility index (Phi) is 4.49. The Hall–Kier alpha value is -3.73. The molecule has 4 aromatic rings. The van der Waals surface area contributed by atoms with E-state index in [-0.39, 0.29) is 5.91 Å². The van der Waals surface area contributed by atoms with Crippen molar-refractivity contribution in [1.29, 1.82) is 0 Å². The molecule has 1 aromatic heterocycles. The number of rotatable bonds is 4. The largest absolute Gasteiger partial charge is 0.496 e. The highest BCUT2D eigenvalue weighted by Gasteiger charge is 2.13. The average molecular weight is 355 g/mol. The van der Waals surface area contributed by atoms with E-state index in [4.69, 9.17) is 4.74 Å². The summed E-state index contributed by atoms with van der Waals surface area (Å²) in [5, 5.41) is 4.58. The van der Waals surface area contributed by atoms with E-state index in [0.717, 1.165) is 22.1 Å². The van der Waals surface area contributed by atoms with Crippen LogP contribution in [0.2, 0.25) is 0 Å². The Morgan fingerprint density at radius 2 is 1.52 bits per heavy atom. The molecule has 1 heterocycles. The number of methoxy groups -OCH3 is 1. The van der Waals surface area contributed by atoms with Crippen molar-refractivity contribution in [3.05, 3.63) is 84.7 Å². The first kappa shape index (κ1) is 16.7. The second-order valence-corrected chi connectivity index (χ2v) is 5.98. The summed E-state index contributed by atoms with van der Waals surface area (Å²) in [6.07, 6.45) is 3.22. The van der Waals surface area contributed by atoms with Crippen molar-refractivity contribution in [3.8, 4) is 17.1 Å². The average Bonchev–Trinajstić information content (AvgIpc) is 2.74. The van der Waals surface area contributed by atoms with Crippen LogP contribution in [0.4, 0.5) is 5.69 Å². The minimum atomic E-state index is -0.218. The SMILES string of the molecule is COc1ccc(C(=O)Nc2cnc(-c3ccccc3)nc2)c2ccccc12. The van der Waals surface area contributed by atoms with Crippen molar-refractivity contribution in [2.45, 2.75) is 0 Å². The predicted octanol–water partition coefficient (Wildman–Crippen LogP) is 4.56. The van der Waals surface area contributed by atoms with Crippen LogP contribution in [0.1, 0.15) is 10.4 Å². The topological polar surface area (TPSA) is 64.1 Å². The molecule has 0 spiro atoms. The fraction of sp³-hybridized carbons (Fsp3) is 0.0455. The van der Waals surface area contributed by atoms with E-state index in [1.54, 1.807) is 31.6 Å². The highest BCUT2D eigenvalue weighted by molar-refractivity contribution is 6.13. The maximum absolute atomic E-state index is 12.8. The van der Waals surface area contributed by atoms with Crippen molar-refractivity contribution >= 4 is 22.4 Å². The van der Waals surface area contributed by atoms with Crippen LogP contribution >= 0.6 is 0 Å². The molecule has 0 saturated carbocycles. The number of aromatic nitrogens is 2. The maximum Gasteiger partial charge on any atom is 0.256 e. The first-order chi connectivity index (χ1) is 13.3. The molecule has 0 aliphatic rings. The third-order valence-electron chi connectivity index (χ3n) is 4.29. The standard InChI is InChI=1S/C22H17N3O2/c1-27-20-12-11-19(17-9-5-6-10-18(17)20)22(26)25-16-13-23-21(24-14-16)15-7-3-2-4-8-15/h2-14H,1H3,(H,25,26). The quantitative estimate of drug-likeness (QED) is 0.583. The number of amides is 1. The summed E-state index contributed by atoms with van der Waals surface area (Å²) in [5.41, 5.74) is 2.04. The molecule has 0 aliphatic heterocycles. The van der Waals surface area contributed by atoms with Crippen LogP contribution in [0.5, 0.6) is 5.75 Å². The lowest BCUT2D eigenvalue weighted by atomic mass is 10.0. The summed E-state index contributed by atoms with van der Waals surface area (Å²) in [5.74, 6) is 1.13. The Bertz CT molecular complexity index is 1090. The van der Waals surface area contributed by atoms with E-state index in [0.29, 0.717) is 17.1 Å². The van der Waals surface area contributed by atoms with E-state index in [2.05, 4.69) is 15.3 Å². The molecule has 0 bridgehead atoms. The number of nitrogens with one attached hydrogen (secondary N) is 1. The van der Waals surface area contributed by atoms with Gasteiger partial charge in [-0.2, -0.15) is 0 Å². The molecular weight excluding hydrogens is 338 g/mol. The van der Waals surface area contributed by atoms with Gasteiger partial charge in [0.25, 0.3) is 5.91 Å². The molecule has 0 fully saturated rings. The molecule has 0 atom stereocenters. The number of anilines is 1. The van der Waals surface area contributed by atoms with Crippen molar-refractivity contribution in [2.24, 2.45) is 0 Å². The molecule has 4 rings (SSSR count). The monoisotopic (exact) mass is 355 g/mol. The van der Waals surface area contributed by atoms with Gasteiger partial charge in [0.1, 0.15) is 5.75 Å². The molecule has 132 valence electrons. The summed E-state index contributed by atoms with van der Waals surface area (Å²) >= 11 is 0. The zero-order valence-corrected chi connectivity index (χ0v) is 14.7. The molecule has 27 heavy (non-hydrogen) atoms. The van der Waals surface area contributed by atoms with Gasteiger partial charge < -0.3 is 10.1 Å². The molecule has 0 aliphatic carbocycles. The van der Waals surface area contributed by atoms with Crippen LogP contribution in [0.15, 0.2) is 79.1 Å². The van der Waals surface area contributed by atoms with Crippen LogP contribution in [0, 0.1) is 0 Å². The van der Waals surface area contributed by atoms with Gasteiger partial charge >= 0.3 is 0 Å². The second kappa shape index (κ2) is 7.25. The smallest absolute Gasteiger partial charge is 0.256 e. The molecule has 5 nitrogen and oxygen atoms in total. The van der Waals surface area contributed by atoms with Gasteiger partial charge in [-0.15, -0.1) is 0 Å². The number of benzene rings is 3. The van der Waals surface area contributed by atoms with Crippen molar-refractivity contribution in [3.63, 3.8) is 0 Å². The van der Waals surface area contributed by atoms with Crippen LogP contribution in [-0.4, -0.2) is 23.0 Å². The number of carbonyl (C=O) groups is 1. The minimum absolute atomic E-state index is 0.218. The first-order valence-corrected chi connectivity index (χ1v) is 8.51. The first-order valence-electron chi connectivity index (χ1n) is 8.51. The molecule has 0 unspecified atom stereocenters. The number of ether oxygens (including phenoxy) is 1. The zero-order chi connectivity index (χ0) is 18.6. The molecule has 1 amide bonds. The van der Waals surface area contributed by atoms with Gasteiger partial charge in [0.2, 0.25) is 0 Å².